The molecule has 0 aromatic carbocycles. The van der Waals surface area contributed by atoms with Gasteiger partial charge in [0, 0.05) is 0 Å². The number of nitrogens with zero attached hydrogens (tertiary/aromatic N) is 2. The molecule has 4 nitrogen and oxygen atoms in total. The van der Waals surface area contributed by atoms with Crippen molar-refractivity contribution >= 4 is 6.09 Å². The van der Waals surface area contributed by atoms with Crippen LogP contribution in [0.3, 0.4) is 0 Å². The van der Waals surface area contributed by atoms with Gasteiger partial charge < -0.3 is 28.7 Å². The van der Waals surface area contributed by atoms with Gasteiger partial charge in [0.2, 0.25) is 5.60 Å². The first-order valence-electron chi connectivity index (χ1n) is 4.47. The van der Waals surface area contributed by atoms with E-state index in [1.54, 1.807) is 7.05 Å². The Bertz CT molecular complexity index is 401. The number of carbonyl (C=O) groups is 1. The highest BCUT2D eigenvalue weighted by Crippen LogP contribution is 2.33. The van der Waals surface area contributed by atoms with Crippen LogP contribution in [-0.2, 0) is 11.8 Å². The smallest absolute Gasteiger partial charge is 0.512 e. The monoisotopic (exact) mass is 364 g/mol. The zero-order chi connectivity index (χ0) is 12.6. The van der Waals surface area contributed by atoms with Crippen molar-refractivity contribution in [2.24, 2.45) is 7.05 Å². The lowest BCUT2D eigenvalue weighted by molar-refractivity contribution is -0.670. The molecular formula is C9H12F3IN2O2. The molecule has 0 spiro atoms. The number of hydrogen-bond donors (Lipinski definition) is 0. The number of hydrogen-bond acceptors (Lipinski definition) is 2. The number of rotatable bonds is 1. The van der Waals surface area contributed by atoms with E-state index in [0.717, 1.165) is 18.4 Å². The molecule has 0 N–H and O–H groups in total. The minimum atomic E-state index is -4.60. The zero-order valence-corrected chi connectivity index (χ0v) is 11.6. The molecule has 0 atom stereocenters. The minimum absolute atomic E-state index is 0. The second-order valence-electron chi connectivity index (χ2n) is 3.86. The van der Waals surface area contributed by atoms with Crippen molar-refractivity contribution in [3.8, 4) is 0 Å². The van der Waals surface area contributed by atoms with E-state index in [0.29, 0.717) is 0 Å². The molecule has 0 saturated carbocycles. The lowest BCUT2D eigenvalue weighted by Gasteiger charge is -2.25. The lowest BCUT2D eigenvalue weighted by Crippen LogP contribution is -3.00. The number of aryl methyl sites for hydroxylation is 1. The highest BCUT2D eigenvalue weighted by Gasteiger charge is 2.51. The Balaban J connectivity index is 0.00000256. The standard InChI is InChI=1S/C9H12F3N2O2.HI/c1-8(2,9(10,11)12)16-7(15)14-5-4-13(3)6-14;/h4-6H,1-3H3;1H/q+1;/p-1. The molecule has 0 saturated heterocycles. The van der Waals surface area contributed by atoms with Crippen molar-refractivity contribution in [2.75, 3.05) is 0 Å². The first-order chi connectivity index (χ1) is 7.13. The van der Waals surface area contributed by atoms with Gasteiger partial charge in [-0.3, -0.25) is 0 Å². The van der Waals surface area contributed by atoms with Gasteiger partial charge in [-0.15, -0.1) is 4.57 Å². The van der Waals surface area contributed by atoms with Gasteiger partial charge in [-0.25, -0.2) is 4.57 Å². The Morgan fingerprint density at radius 2 is 1.88 bits per heavy atom. The van der Waals surface area contributed by atoms with E-state index in [4.69, 9.17) is 0 Å². The number of carbonyl (C=O) groups excluding carboxylic acids is 1. The summed E-state index contributed by atoms with van der Waals surface area (Å²) in [6.45, 7) is 1.60. The Morgan fingerprint density at radius 3 is 2.24 bits per heavy atom. The van der Waals surface area contributed by atoms with Gasteiger partial charge >= 0.3 is 12.3 Å². The van der Waals surface area contributed by atoms with E-state index < -0.39 is 17.9 Å². The van der Waals surface area contributed by atoms with Crippen LogP contribution in [0.4, 0.5) is 18.0 Å². The Morgan fingerprint density at radius 1 is 1.35 bits per heavy atom. The second kappa shape index (κ2) is 5.23. The van der Waals surface area contributed by atoms with Crippen molar-refractivity contribution in [3.63, 3.8) is 0 Å². The molecule has 0 unspecified atom stereocenters. The molecule has 0 amide bonds. The summed E-state index contributed by atoms with van der Waals surface area (Å²) >= 11 is 0. The zero-order valence-electron chi connectivity index (χ0n) is 9.45. The van der Waals surface area contributed by atoms with Crippen molar-refractivity contribution < 1.29 is 51.2 Å². The molecule has 0 bridgehead atoms. The van der Waals surface area contributed by atoms with E-state index >= 15 is 0 Å². The highest BCUT2D eigenvalue weighted by atomic mass is 127. The van der Waals surface area contributed by atoms with Crippen molar-refractivity contribution in [1.82, 2.24) is 4.57 Å². The van der Waals surface area contributed by atoms with E-state index in [-0.39, 0.29) is 24.0 Å². The first-order valence-corrected chi connectivity index (χ1v) is 4.47. The van der Waals surface area contributed by atoms with Gasteiger partial charge in [-0.05, 0) is 13.8 Å². The maximum Gasteiger partial charge on any atom is 0.512 e. The average molecular weight is 364 g/mol. The van der Waals surface area contributed by atoms with E-state index in [1.807, 2.05) is 0 Å². The molecule has 1 heterocycles. The number of halogens is 4. The fourth-order valence-electron chi connectivity index (χ4n) is 0.887. The normalized spacial score (nSPS) is 11.9. The summed E-state index contributed by atoms with van der Waals surface area (Å²) in [4.78, 5) is 11.3. The maximum atomic E-state index is 12.4. The van der Waals surface area contributed by atoms with Crippen LogP contribution in [0, 0.1) is 0 Å². The molecule has 1 rings (SSSR count). The lowest BCUT2D eigenvalue weighted by atomic mass is 10.1. The predicted molar refractivity (Wildman–Crippen MR) is 47.6 cm³/mol. The summed E-state index contributed by atoms with van der Waals surface area (Å²) < 4.78 is 44.1. The average Bonchev–Trinajstić information content (AvgIpc) is 2.48. The van der Waals surface area contributed by atoms with Gasteiger partial charge in [0.15, 0.2) is 0 Å². The predicted octanol–water partition coefficient (Wildman–Crippen LogP) is -1.36. The van der Waals surface area contributed by atoms with Crippen molar-refractivity contribution in [3.05, 3.63) is 18.7 Å². The van der Waals surface area contributed by atoms with Crippen molar-refractivity contribution in [1.29, 1.82) is 0 Å². The Kier molecular flexibility index (Phi) is 4.99. The fourth-order valence-corrected chi connectivity index (χ4v) is 0.887. The largest absolute Gasteiger partial charge is 1.00 e. The third-order valence-corrected chi connectivity index (χ3v) is 2.00. The SMILES string of the molecule is C[n+]1ccn(C(=O)OC(C)(C)C(F)(F)F)c1.[I-]. The summed E-state index contributed by atoms with van der Waals surface area (Å²) in [5.74, 6) is 0. The molecule has 0 aliphatic heterocycles. The summed E-state index contributed by atoms with van der Waals surface area (Å²) in [5.41, 5.74) is -2.51. The maximum absolute atomic E-state index is 12.4. The van der Waals surface area contributed by atoms with Crippen molar-refractivity contribution in [2.45, 2.75) is 25.6 Å². The van der Waals surface area contributed by atoms with Crippen LogP contribution in [0.15, 0.2) is 18.7 Å². The minimum Gasteiger partial charge on any atom is -1.00 e. The first kappa shape index (κ1) is 16.2. The van der Waals surface area contributed by atoms with Crippen LogP contribution < -0.4 is 28.5 Å². The molecule has 98 valence electrons. The third-order valence-electron chi connectivity index (χ3n) is 2.00. The molecule has 1 aromatic rings. The summed E-state index contributed by atoms with van der Waals surface area (Å²) in [7, 11) is 1.64. The quantitative estimate of drug-likeness (QED) is 0.456. The molecule has 17 heavy (non-hydrogen) atoms. The van der Waals surface area contributed by atoms with Crippen LogP contribution in [0.25, 0.3) is 0 Å². The molecule has 0 aliphatic rings. The third kappa shape index (κ3) is 3.86. The summed E-state index contributed by atoms with van der Waals surface area (Å²) in [6, 6.07) is 0. The second-order valence-corrected chi connectivity index (χ2v) is 3.86. The topological polar surface area (TPSA) is 35.1 Å². The molecular weight excluding hydrogens is 352 g/mol. The number of ether oxygens (including phenoxy) is 1. The van der Waals surface area contributed by atoms with Crippen LogP contribution in [0.1, 0.15) is 13.8 Å². The summed E-state index contributed by atoms with van der Waals surface area (Å²) in [6.07, 6.45) is -1.52. The van der Waals surface area contributed by atoms with Crippen LogP contribution in [-0.4, -0.2) is 22.4 Å². The van der Waals surface area contributed by atoms with E-state index in [9.17, 15) is 18.0 Å². The van der Waals surface area contributed by atoms with Crippen LogP contribution >= 0.6 is 0 Å². The van der Waals surface area contributed by atoms with Gasteiger partial charge in [0.05, 0.1) is 7.05 Å². The van der Waals surface area contributed by atoms with Crippen LogP contribution in [0.5, 0.6) is 0 Å². The molecule has 8 heteroatoms. The Labute approximate surface area is 113 Å². The fraction of sp³-hybridized carbons (Fsp3) is 0.556. The van der Waals surface area contributed by atoms with Gasteiger partial charge in [-0.1, -0.05) is 0 Å². The van der Waals surface area contributed by atoms with Crippen LogP contribution in [0.2, 0.25) is 0 Å². The molecule has 0 fully saturated rings. The number of alkyl halides is 3. The number of imidazole rings is 1. The molecule has 1 aromatic heterocycles. The number of aromatic nitrogens is 2. The highest BCUT2D eigenvalue weighted by molar-refractivity contribution is 5.70. The van der Waals surface area contributed by atoms with Gasteiger partial charge in [0.1, 0.15) is 12.4 Å². The molecule has 0 aliphatic carbocycles. The summed E-state index contributed by atoms with van der Waals surface area (Å²) in [5, 5.41) is 0. The van der Waals surface area contributed by atoms with E-state index in [2.05, 4.69) is 4.74 Å². The molecule has 0 radical (unpaired) electrons. The van der Waals surface area contributed by atoms with Gasteiger partial charge in [0.25, 0.3) is 6.33 Å². The Hall–Kier alpha value is -0.800. The van der Waals surface area contributed by atoms with E-state index in [1.165, 1.54) is 23.3 Å². The van der Waals surface area contributed by atoms with Gasteiger partial charge in [-0.2, -0.15) is 18.0 Å².